The van der Waals surface area contributed by atoms with Crippen molar-refractivity contribution >= 4 is 0 Å². The molecule has 3 aliphatic heterocycles. The van der Waals surface area contributed by atoms with Gasteiger partial charge in [-0.15, -0.1) is 5.10 Å². The summed E-state index contributed by atoms with van der Waals surface area (Å²) in [5.74, 6) is 2.09. The van der Waals surface area contributed by atoms with E-state index in [0.717, 1.165) is 17.9 Å². The van der Waals surface area contributed by atoms with Gasteiger partial charge < -0.3 is 24.3 Å². The number of nitrogens with zero attached hydrogens (tertiary/aromatic N) is 4. The van der Waals surface area contributed by atoms with Crippen LogP contribution in [0.1, 0.15) is 11.6 Å². The second-order valence-corrected chi connectivity index (χ2v) is 7.65. The number of tetrazole rings is 1. The van der Waals surface area contributed by atoms with E-state index >= 15 is 0 Å². The molecule has 30 heavy (non-hydrogen) atoms. The summed E-state index contributed by atoms with van der Waals surface area (Å²) in [6.45, 7) is 2.11. The lowest BCUT2D eigenvalue weighted by molar-refractivity contribution is 0.0621. The molecule has 0 amide bonds. The van der Waals surface area contributed by atoms with Crippen LogP contribution in [0.4, 0.5) is 0 Å². The van der Waals surface area contributed by atoms with Crippen LogP contribution in [0.3, 0.4) is 0 Å². The fourth-order valence-electron chi connectivity index (χ4n) is 4.35. The standard InChI is InChI=1S/C21H21N5O4/c1-2-4-13(5-3-1)9-22-15-10-27-20-16(11-28-19(15)20)26-21(23-24-25-26)14-6-7-17-18(8-14)30-12-29-17/h1-8,15-16,19-20,22H,9-12H2. The van der Waals surface area contributed by atoms with E-state index in [1.54, 1.807) is 0 Å². The maximum Gasteiger partial charge on any atom is 0.231 e. The van der Waals surface area contributed by atoms with Crippen molar-refractivity contribution in [1.29, 1.82) is 0 Å². The van der Waals surface area contributed by atoms with Crippen LogP contribution >= 0.6 is 0 Å². The molecule has 2 fully saturated rings. The smallest absolute Gasteiger partial charge is 0.231 e. The Kier molecular flexibility index (Phi) is 4.37. The summed E-state index contributed by atoms with van der Waals surface area (Å²) in [5.41, 5.74) is 2.10. The lowest BCUT2D eigenvalue weighted by atomic mass is 10.1. The quantitative estimate of drug-likeness (QED) is 0.681. The predicted octanol–water partition coefficient (Wildman–Crippen LogP) is 1.57. The molecule has 2 saturated heterocycles. The molecule has 3 aromatic rings. The minimum atomic E-state index is -0.102. The first-order chi connectivity index (χ1) is 14.9. The Morgan fingerprint density at radius 2 is 1.83 bits per heavy atom. The maximum atomic E-state index is 6.13. The molecular weight excluding hydrogens is 386 g/mol. The van der Waals surface area contributed by atoms with Gasteiger partial charge in [-0.2, -0.15) is 0 Å². The van der Waals surface area contributed by atoms with Crippen LogP contribution in [0, 0.1) is 0 Å². The molecule has 0 saturated carbocycles. The number of hydrogen-bond donors (Lipinski definition) is 1. The summed E-state index contributed by atoms with van der Waals surface area (Å²) in [4.78, 5) is 0. The second-order valence-electron chi connectivity index (χ2n) is 7.65. The molecule has 6 rings (SSSR count). The molecule has 1 N–H and O–H groups in total. The van der Waals surface area contributed by atoms with Gasteiger partial charge in [-0.1, -0.05) is 30.3 Å². The van der Waals surface area contributed by atoms with E-state index in [9.17, 15) is 0 Å². The zero-order valence-corrected chi connectivity index (χ0v) is 16.2. The van der Waals surface area contributed by atoms with Crippen LogP contribution in [0.15, 0.2) is 48.5 Å². The molecule has 1 aromatic heterocycles. The molecule has 2 aromatic carbocycles. The maximum absolute atomic E-state index is 6.13. The van der Waals surface area contributed by atoms with Gasteiger partial charge >= 0.3 is 0 Å². The van der Waals surface area contributed by atoms with E-state index in [-0.39, 0.29) is 31.1 Å². The Hall–Kier alpha value is -3.01. The highest BCUT2D eigenvalue weighted by Crippen LogP contribution is 2.38. The molecule has 9 heteroatoms. The van der Waals surface area contributed by atoms with E-state index in [1.165, 1.54) is 5.56 Å². The summed E-state index contributed by atoms with van der Waals surface area (Å²) in [5, 5.41) is 16.0. The molecule has 0 spiro atoms. The lowest BCUT2D eigenvalue weighted by Crippen LogP contribution is -2.40. The number of hydrogen-bond acceptors (Lipinski definition) is 8. The molecule has 9 nitrogen and oxygen atoms in total. The van der Waals surface area contributed by atoms with Gasteiger partial charge in [0.25, 0.3) is 0 Å². The fraction of sp³-hybridized carbons (Fsp3) is 0.381. The lowest BCUT2D eigenvalue weighted by Gasteiger charge is -2.18. The summed E-state index contributed by atoms with van der Waals surface area (Å²) >= 11 is 0. The van der Waals surface area contributed by atoms with Crippen molar-refractivity contribution < 1.29 is 18.9 Å². The molecular formula is C21H21N5O4. The van der Waals surface area contributed by atoms with Gasteiger partial charge in [-0.3, -0.25) is 0 Å². The summed E-state index contributed by atoms with van der Waals surface area (Å²) in [6, 6.07) is 16.1. The number of nitrogens with one attached hydrogen (secondary N) is 1. The van der Waals surface area contributed by atoms with Crippen LogP contribution in [-0.2, 0) is 16.0 Å². The molecule has 4 unspecified atom stereocenters. The Labute approximate surface area is 172 Å². The topological polar surface area (TPSA) is 92.6 Å². The zero-order chi connectivity index (χ0) is 19.9. The molecule has 0 bridgehead atoms. The van der Waals surface area contributed by atoms with Crippen LogP contribution in [0.2, 0.25) is 0 Å². The summed E-state index contributed by atoms with van der Waals surface area (Å²) in [7, 11) is 0. The van der Waals surface area contributed by atoms with Crippen LogP contribution in [0.5, 0.6) is 11.5 Å². The number of benzene rings is 2. The molecule has 3 aliphatic rings. The van der Waals surface area contributed by atoms with Gasteiger partial charge in [0.05, 0.1) is 19.3 Å². The average molecular weight is 407 g/mol. The Morgan fingerprint density at radius 3 is 2.77 bits per heavy atom. The Balaban J connectivity index is 1.19. The Bertz CT molecular complexity index is 1040. The molecule has 0 aliphatic carbocycles. The number of aromatic nitrogens is 4. The minimum absolute atomic E-state index is 0.0347. The van der Waals surface area contributed by atoms with E-state index in [1.807, 2.05) is 41.1 Å². The fourth-order valence-corrected chi connectivity index (χ4v) is 4.35. The monoisotopic (exact) mass is 407 g/mol. The highest BCUT2D eigenvalue weighted by atomic mass is 16.7. The van der Waals surface area contributed by atoms with Crippen molar-refractivity contribution in [2.45, 2.75) is 30.8 Å². The predicted molar refractivity (Wildman–Crippen MR) is 105 cm³/mol. The van der Waals surface area contributed by atoms with E-state index in [2.05, 4.69) is 33.0 Å². The third-order valence-corrected chi connectivity index (χ3v) is 5.88. The van der Waals surface area contributed by atoms with Crippen molar-refractivity contribution in [1.82, 2.24) is 25.5 Å². The van der Waals surface area contributed by atoms with Gasteiger partial charge in [-0.05, 0) is 34.2 Å². The molecule has 0 radical (unpaired) electrons. The molecule has 154 valence electrons. The summed E-state index contributed by atoms with van der Waals surface area (Å²) < 4.78 is 25.0. The minimum Gasteiger partial charge on any atom is -0.454 e. The van der Waals surface area contributed by atoms with Crippen molar-refractivity contribution in [3.8, 4) is 22.9 Å². The van der Waals surface area contributed by atoms with Gasteiger partial charge in [-0.25, -0.2) is 4.68 Å². The molecule has 4 atom stereocenters. The van der Waals surface area contributed by atoms with Crippen LogP contribution in [0.25, 0.3) is 11.4 Å². The van der Waals surface area contributed by atoms with Gasteiger partial charge in [0, 0.05) is 12.1 Å². The third-order valence-electron chi connectivity index (χ3n) is 5.88. The first-order valence-corrected chi connectivity index (χ1v) is 10.1. The number of fused-ring (bicyclic) bond motifs is 2. The van der Waals surface area contributed by atoms with Gasteiger partial charge in [0.15, 0.2) is 17.3 Å². The van der Waals surface area contributed by atoms with Gasteiger partial charge in [0.2, 0.25) is 6.79 Å². The first kappa shape index (κ1) is 17.8. The highest BCUT2D eigenvalue weighted by molar-refractivity contribution is 5.61. The highest BCUT2D eigenvalue weighted by Gasteiger charge is 2.49. The van der Waals surface area contributed by atoms with Crippen molar-refractivity contribution in [3.63, 3.8) is 0 Å². The number of rotatable bonds is 5. The van der Waals surface area contributed by atoms with E-state index < -0.39 is 0 Å². The van der Waals surface area contributed by atoms with Crippen molar-refractivity contribution in [2.75, 3.05) is 20.0 Å². The van der Waals surface area contributed by atoms with Crippen LogP contribution < -0.4 is 14.8 Å². The number of ether oxygens (including phenoxy) is 4. The third kappa shape index (κ3) is 3.02. The second kappa shape index (κ2) is 7.35. The van der Waals surface area contributed by atoms with E-state index in [0.29, 0.717) is 24.8 Å². The zero-order valence-electron chi connectivity index (χ0n) is 16.2. The Morgan fingerprint density at radius 1 is 0.967 bits per heavy atom. The first-order valence-electron chi connectivity index (χ1n) is 10.1. The van der Waals surface area contributed by atoms with Gasteiger partial charge in [0.1, 0.15) is 18.2 Å². The van der Waals surface area contributed by atoms with Crippen molar-refractivity contribution in [2.24, 2.45) is 0 Å². The molecule has 4 heterocycles. The van der Waals surface area contributed by atoms with E-state index in [4.69, 9.17) is 18.9 Å². The van der Waals surface area contributed by atoms with Crippen LogP contribution in [-0.4, -0.2) is 58.5 Å². The summed E-state index contributed by atoms with van der Waals surface area (Å²) in [6.07, 6.45) is -0.137. The average Bonchev–Trinajstić information content (AvgIpc) is 3.56. The van der Waals surface area contributed by atoms with Crippen molar-refractivity contribution in [3.05, 3.63) is 54.1 Å². The normalized spacial score (nSPS) is 26.8. The SMILES string of the molecule is c1ccc(CNC2COC3C2OCC3n2nnnc2-c2ccc3c(c2)OCO3)cc1. The largest absolute Gasteiger partial charge is 0.454 e.